The highest BCUT2D eigenvalue weighted by Crippen LogP contribution is 2.10. The Hall–Kier alpha value is -1.50. The zero-order valence-electron chi connectivity index (χ0n) is 7.90. The van der Waals surface area contributed by atoms with Crippen molar-refractivity contribution in [3.8, 4) is 0 Å². The van der Waals surface area contributed by atoms with Crippen LogP contribution in [0.2, 0.25) is 0 Å². The van der Waals surface area contributed by atoms with Crippen LogP contribution in [0.4, 0.5) is 5.13 Å². The second kappa shape index (κ2) is 3.70. The van der Waals surface area contributed by atoms with Crippen molar-refractivity contribution in [1.29, 1.82) is 0 Å². The molecule has 2 aromatic heterocycles. The van der Waals surface area contributed by atoms with E-state index in [0.29, 0.717) is 6.54 Å². The smallest absolute Gasteiger partial charge is 0.202 e. The number of H-pyrrole nitrogens is 1. The van der Waals surface area contributed by atoms with Crippen molar-refractivity contribution < 1.29 is 0 Å². The number of aromatic nitrogens is 5. The van der Waals surface area contributed by atoms with Gasteiger partial charge in [0.15, 0.2) is 5.82 Å². The largest absolute Gasteiger partial charge is 0.353 e. The molecule has 7 heteroatoms. The summed E-state index contributed by atoms with van der Waals surface area (Å²) in [7, 11) is 0. The lowest BCUT2D eigenvalue weighted by Crippen LogP contribution is -2.00. The Morgan fingerprint density at radius 2 is 2.21 bits per heavy atom. The molecule has 0 saturated heterocycles. The molecule has 0 aliphatic heterocycles. The van der Waals surface area contributed by atoms with Gasteiger partial charge in [-0.05, 0) is 13.8 Å². The average molecular weight is 210 g/mol. The van der Waals surface area contributed by atoms with Crippen LogP contribution in [-0.2, 0) is 6.54 Å². The summed E-state index contributed by atoms with van der Waals surface area (Å²) in [4.78, 5) is 8.32. The van der Waals surface area contributed by atoms with Gasteiger partial charge in [0, 0.05) is 11.5 Å². The van der Waals surface area contributed by atoms with Gasteiger partial charge in [-0.2, -0.15) is 9.47 Å². The SMILES string of the molecule is Cc1nsc(NCc2n[nH]c(C)n2)n1. The molecule has 0 spiro atoms. The quantitative estimate of drug-likeness (QED) is 0.786. The van der Waals surface area contributed by atoms with E-state index in [2.05, 4.69) is 29.9 Å². The molecule has 2 rings (SSSR count). The highest BCUT2D eigenvalue weighted by atomic mass is 32.1. The first kappa shape index (κ1) is 9.07. The van der Waals surface area contributed by atoms with Gasteiger partial charge >= 0.3 is 0 Å². The monoisotopic (exact) mass is 210 g/mol. The van der Waals surface area contributed by atoms with Crippen LogP contribution < -0.4 is 5.32 Å². The summed E-state index contributed by atoms with van der Waals surface area (Å²) < 4.78 is 4.05. The molecule has 2 N–H and O–H groups in total. The number of nitrogens with one attached hydrogen (secondary N) is 2. The molecule has 6 nitrogen and oxygen atoms in total. The molecule has 74 valence electrons. The number of rotatable bonds is 3. The third kappa shape index (κ3) is 2.05. The first-order valence-corrected chi connectivity index (χ1v) is 4.93. The second-order valence-corrected chi connectivity index (χ2v) is 3.59. The molecule has 0 saturated carbocycles. The van der Waals surface area contributed by atoms with Gasteiger partial charge in [-0.1, -0.05) is 0 Å². The Kier molecular flexibility index (Phi) is 2.40. The Morgan fingerprint density at radius 3 is 2.79 bits per heavy atom. The Morgan fingerprint density at radius 1 is 1.36 bits per heavy atom. The second-order valence-electron chi connectivity index (χ2n) is 2.84. The zero-order chi connectivity index (χ0) is 9.97. The first-order valence-electron chi connectivity index (χ1n) is 4.16. The Balaban J connectivity index is 1.94. The fourth-order valence-corrected chi connectivity index (χ4v) is 1.56. The van der Waals surface area contributed by atoms with E-state index in [1.165, 1.54) is 11.5 Å². The summed E-state index contributed by atoms with van der Waals surface area (Å²) in [5.41, 5.74) is 0. The third-order valence-electron chi connectivity index (χ3n) is 1.57. The topological polar surface area (TPSA) is 79.4 Å². The van der Waals surface area contributed by atoms with Crippen LogP contribution in [0.25, 0.3) is 0 Å². The number of anilines is 1. The summed E-state index contributed by atoms with van der Waals surface area (Å²) in [5.74, 6) is 2.33. The summed E-state index contributed by atoms with van der Waals surface area (Å²) in [6.45, 7) is 4.29. The van der Waals surface area contributed by atoms with Crippen molar-refractivity contribution in [2.45, 2.75) is 20.4 Å². The van der Waals surface area contributed by atoms with Crippen LogP contribution in [0, 0.1) is 13.8 Å². The number of aryl methyl sites for hydroxylation is 2. The zero-order valence-corrected chi connectivity index (χ0v) is 8.72. The maximum Gasteiger partial charge on any atom is 0.202 e. The van der Waals surface area contributed by atoms with Crippen molar-refractivity contribution in [2.75, 3.05) is 5.32 Å². The molecule has 0 bridgehead atoms. The minimum Gasteiger partial charge on any atom is -0.353 e. The van der Waals surface area contributed by atoms with E-state index in [9.17, 15) is 0 Å². The summed E-state index contributed by atoms with van der Waals surface area (Å²) in [6, 6.07) is 0. The summed E-state index contributed by atoms with van der Waals surface area (Å²) >= 11 is 1.34. The molecule has 0 fully saturated rings. The van der Waals surface area contributed by atoms with Crippen molar-refractivity contribution in [3.05, 3.63) is 17.5 Å². The van der Waals surface area contributed by atoms with Gasteiger partial charge in [0.2, 0.25) is 5.13 Å². The molecule has 0 radical (unpaired) electrons. The van der Waals surface area contributed by atoms with Crippen LogP contribution in [0.1, 0.15) is 17.5 Å². The number of aromatic amines is 1. The lowest BCUT2D eigenvalue weighted by atomic mass is 10.6. The molecule has 0 atom stereocenters. The Bertz CT molecular complexity index is 379. The van der Waals surface area contributed by atoms with Crippen LogP contribution >= 0.6 is 11.5 Å². The molecular formula is C7H10N6S. The summed E-state index contributed by atoms with van der Waals surface area (Å²) in [6.07, 6.45) is 0. The maximum atomic E-state index is 4.16. The molecule has 0 aliphatic carbocycles. The van der Waals surface area contributed by atoms with Gasteiger partial charge in [0.05, 0.1) is 6.54 Å². The molecule has 0 aromatic carbocycles. The normalized spacial score (nSPS) is 10.4. The van der Waals surface area contributed by atoms with Gasteiger partial charge in [0.1, 0.15) is 11.6 Å². The van der Waals surface area contributed by atoms with E-state index >= 15 is 0 Å². The van der Waals surface area contributed by atoms with Gasteiger partial charge < -0.3 is 5.32 Å². The predicted molar refractivity (Wildman–Crippen MR) is 53.1 cm³/mol. The van der Waals surface area contributed by atoms with Gasteiger partial charge in [-0.3, -0.25) is 5.10 Å². The van der Waals surface area contributed by atoms with Crippen molar-refractivity contribution in [1.82, 2.24) is 24.5 Å². The molecule has 0 unspecified atom stereocenters. The minimum atomic E-state index is 0.568. The van der Waals surface area contributed by atoms with E-state index in [1.807, 2.05) is 13.8 Å². The standard InChI is InChI=1S/C7H10N6S/c1-4-9-6(12-11-4)3-8-7-10-5(2)13-14-7/h3H2,1-2H3,(H,8,10,13)(H,9,11,12). The lowest BCUT2D eigenvalue weighted by molar-refractivity contribution is 0.949. The summed E-state index contributed by atoms with van der Waals surface area (Å²) in [5, 5.41) is 10.7. The van der Waals surface area contributed by atoms with Crippen LogP contribution in [-0.4, -0.2) is 24.5 Å². The van der Waals surface area contributed by atoms with E-state index in [1.54, 1.807) is 0 Å². The van der Waals surface area contributed by atoms with Crippen LogP contribution in [0.3, 0.4) is 0 Å². The van der Waals surface area contributed by atoms with Crippen LogP contribution in [0.5, 0.6) is 0 Å². The highest BCUT2D eigenvalue weighted by molar-refractivity contribution is 7.09. The minimum absolute atomic E-state index is 0.568. The lowest BCUT2D eigenvalue weighted by Gasteiger charge is -1.95. The molecular weight excluding hydrogens is 200 g/mol. The van der Waals surface area contributed by atoms with E-state index in [-0.39, 0.29) is 0 Å². The molecule has 14 heavy (non-hydrogen) atoms. The molecule has 2 aromatic rings. The Labute approximate surface area is 85.0 Å². The van der Waals surface area contributed by atoms with E-state index in [0.717, 1.165) is 22.6 Å². The van der Waals surface area contributed by atoms with Crippen LogP contribution in [0.15, 0.2) is 0 Å². The van der Waals surface area contributed by atoms with Crippen molar-refractivity contribution in [2.24, 2.45) is 0 Å². The van der Waals surface area contributed by atoms with Gasteiger partial charge in [0.25, 0.3) is 0 Å². The number of hydrogen-bond donors (Lipinski definition) is 2. The highest BCUT2D eigenvalue weighted by Gasteiger charge is 2.02. The van der Waals surface area contributed by atoms with Crippen molar-refractivity contribution in [3.63, 3.8) is 0 Å². The predicted octanol–water partition coefficient (Wildman–Crippen LogP) is 0.885. The van der Waals surface area contributed by atoms with E-state index < -0.39 is 0 Å². The molecule has 0 aliphatic rings. The number of nitrogens with zero attached hydrogens (tertiary/aromatic N) is 4. The van der Waals surface area contributed by atoms with E-state index in [4.69, 9.17) is 0 Å². The number of hydrogen-bond acceptors (Lipinski definition) is 6. The fraction of sp³-hybridized carbons (Fsp3) is 0.429. The van der Waals surface area contributed by atoms with Crippen molar-refractivity contribution >= 4 is 16.7 Å². The molecule has 0 amide bonds. The average Bonchev–Trinajstić information content (AvgIpc) is 2.72. The first-order chi connectivity index (χ1) is 6.74. The third-order valence-corrected chi connectivity index (χ3v) is 2.33. The maximum absolute atomic E-state index is 4.16. The fourth-order valence-electron chi connectivity index (χ4n) is 0.992. The molecule has 2 heterocycles. The van der Waals surface area contributed by atoms with Gasteiger partial charge in [-0.25, -0.2) is 9.97 Å². The van der Waals surface area contributed by atoms with Gasteiger partial charge in [-0.15, -0.1) is 0 Å².